The van der Waals surface area contributed by atoms with Crippen molar-refractivity contribution in [1.29, 1.82) is 0 Å². The fourth-order valence-electron chi connectivity index (χ4n) is 4.40. The molecule has 0 amide bonds. The van der Waals surface area contributed by atoms with E-state index < -0.39 is 0 Å². The number of nitrogens with zero attached hydrogens (tertiary/aromatic N) is 1. The monoisotopic (exact) mass is 236 g/mol. The minimum atomic E-state index is 0.939. The lowest BCUT2D eigenvalue weighted by atomic mass is 9.83. The largest absolute Gasteiger partial charge is 0.316 e. The van der Waals surface area contributed by atoms with Gasteiger partial charge in [0.1, 0.15) is 0 Å². The summed E-state index contributed by atoms with van der Waals surface area (Å²) in [4.78, 5) is 2.83. The molecular formula is C15H28N2. The zero-order chi connectivity index (χ0) is 11.7. The molecule has 0 spiro atoms. The summed E-state index contributed by atoms with van der Waals surface area (Å²) in [7, 11) is 0. The summed E-state index contributed by atoms with van der Waals surface area (Å²) in [5.41, 5.74) is 0. The van der Waals surface area contributed by atoms with Crippen molar-refractivity contribution in [2.45, 2.75) is 51.5 Å². The van der Waals surface area contributed by atoms with Crippen molar-refractivity contribution in [1.82, 2.24) is 10.2 Å². The summed E-state index contributed by atoms with van der Waals surface area (Å²) in [5.74, 6) is 3.01. The molecule has 1 aliphatic carbocycles. The van der Waals surface area contributed by atoms with Crippen LogP contribution in [0.4, 0.5) is 0 Å². The summed E-state index contributed by atoms with van der Waals surface area (Å²) in [5, 5.41) is 3.54. The molecule has 17 heavy (non-hydrogen) atoms. The van der Waals surface area contributed by atoms with Crippen LogP contribution in [0.3, 0.4) is 0 Å². The van der Waals surface area contributed by atoms with Gasteiger partial charge in [0.15, 0.2) is 0 Å². The lowest BCUT2D eigenvalue weighted by molar-refractivity contribution is 0.152. The Morgan fingerprint density at radius 1 is 1.00 bits per heavy atom. The van der Waals surface area contributed by atoms with E-state index in [0.29, 0.717) is 0 Å². The summed E-state index contributed by atoms with van der Waals surface area (Å²) >= 11 is 0. The number of fused-ring (bicyclic) bond motifs is 1. The molecule has 1 saturated carbocycles. The summed E-state index contributed by atoms with van der Waals surface area (Å²) in [6.07, 6.45) is 8.83. The van der Waals surface area contributed by atoms with Gasteiger partial charge in [-0.25, -0.2) is 0 Å². The molecule has 2 saturated heterocycles. The standard InChI is InChI=1S/C15H28N2/c1-2-3-12-4-6-15(7-5-12)17-10-13-8-16-9-14(13)11-17/h12-16H,2-11H2,1H3. The minimum absolute atomic E-state index is 0.939. The smallest absolute Gasteiger partial charge is 0.00957 e. The first kappa shape index (κ1) is 12.0. The van der Waals surface area contributed by atoms with E-state index in [-0.39, 0.29) is 0 Å². The highest BCUT2D eigenvalue weighted by molar-refractivity contribution is 4.94. The van der Waals surface area contributed by atoms with Gasteiger partial charge in [-0.2, -0.15) is 0 Å². The van der Waals surface area contributed by atoms with Gasteiger partial charge in [-0.15, -0.1) is 0 Å². The van der Waals surface area contributed by atoms with E-state index in [9.17, 15) is 0 Å². The fraction of sp³-hybridized carbons (Fsp3) is 1.00. The van der Waals surface area contributed by atoms with Crippen molar-refractivity contribution in [2.75, 3.05) is 26.2 Å². The first-order valence-corrected chi connectivity index (χ1v) is 7.81. The van der Waals surface area contributed by atoms with E-state index in [1.54, 1.807) is 0 Å². The van der Waals surface area contributed by atoms with Gasteiger partial charge in [0.2, 0.25) is 0 Å². The molecule has 3 rings (SSSR count). The van der Waals surface area contributed by atoms with Crippen LogP contribution in [0.2, 0.25) is 0 Å². The van der Waals surface area contributed by atoms with Crippen LogP contribution in [0.1, 0.15) is 45.4 Å². The van der Waals surface area contributed by atoms with E-state index >= 15 is 0 Å². The molecule has 0 radical (unpaired) electrons. The van der Waals surface area contributed by atoms with Crippen molar-refractivity contribution >= 4 is 0 Å². The normalized spacial score (nSPS) is 42.9. The Labute approximate surface area is 106 Å². The zero-order valence-electron chi connectivity index (χ0n) is 11.3. The van der Waals surface area contributed by atoms with E-state index in [0.717, 1.165) is 23.8 Å². The second-order valence-electron chi connectivity index (χ2n) is 6.60. The molecule has 0 bridgehead atoms. The van der Waals surface area contributed by atoms with E-state index in [2.05, 4.69) is 17.1 Å². The Bertz CT molecular complexity index is 233. The lowest BCUT2D eigenvalue weighted by Gasteiger charge is -2.35. The second-order valence-corrected chi connectivity index (χ2v) is 6.60. The van der Waals surface area contributed by atoms with Crippen LogP contribution in [0.25, 0.3) is 0 Å². The molecule has 2 heterocycles. The number of hydrogen-bond donors (Lipinski definition) is 1. The van der Waals surface area contributed by atoms with Crippen molar-refractivity contribution in [3.05, 3.63) is 0 Å². The van der Waals surface area contributed by atoms with E-state index in [1.165, 1.54) is 64.7 Å². The van der Waals surface area contributed by atoms with Gasteiger partial charge in [0, 0.05) is 19.1 Å². The third kappa shape index (κ3) is 2.53. The van der Waals surface area contributed by atoms with Crippen molar-refractivity contribution in [2.24, 2.45) is 17.8 Å². The van der Waals surface area contributed by atoms with Gasteiger partial charge in [0.25, 0.3) is 0 Å². The van der Waals surface area contributed by atoms with Crippen LogP contribution >= 0.6 is 0 Å². The second kappa shape index (κ2) is 5.27. The van der Waals surface area contributed by atoms with E-state index in [4.69, 9.17) is 0 Å². The Morgan fingerprint density at radius 3 is 2.24 bits per heavy atom. The molecule has 3 fully saturated rings. The number of likely N-dealkylation sites (tertiary alicyclic amines) is 1. The van der Waals surface area contributed by atoms with Gasteiger partial charge < -0.3 is 5.32 Å². The molecule has 2 unspecified atom stereocenters. The predicted octanol–water partition coefficient (Wildman–Crippen LogP) is 2.50. The quantitative estimate of drug-likeness (QED) is 0.810. The molecular weight excluding hydrogens is 208 g/mol. The first-order valence-electron chi connectivity index (χ1n) is 7.81. The van der Waals surface area contributed by atoms with E-state index in [1.807, 2.05) is 0 Å². The number of hydrogen-bond acceptors (Lipinski definition) is 2. The maximum atomic E-state index is 3.54. The van der Waals surface area contributed by atoms with Crippen LogP contribution in [0, 0.1) is 17.8 Å². The zero-order valence-corrected chi connectivity index (χ0v) is 11.3. The Morgan fingerprint density at radius 2 is 1.65 bits per heavy atom. The van der Waals surface area contributed by atoms with Gasteiger partial charge in [-0.1, -0.05) is 19.8 Å². The van der Waals surface area contributed by atoms with Crippen LogP contribution in [-0.2, 0) is 0 Å². The molecule has 98 valence electrons. The number of rotatable bonds is 3. The van der Waals surface area contributed by atoms with Crippen molar-refractivity contribution in [3.63, 3.8) is 0 Å². The molecule has 1 N–H and O–H groups in total. The average Bonchev–Trinajstić information content (AvgIpc) is 2.90. The van der Waals surface area contributed by atoms with Crippen LogP contribution < -0.4 is 5.32 Å². The van der Waals surface area contributed by atoms with Gasteiger partial charge in [-0.05, 0) is 56.5 Å². The Hall–Kier alpha value is -0.0800. The molecule has 2 aliphatic heterocycles. The number of nitrogens with one attached hydrogen (secondary N) is 1. The summed E-state index contributed by atoms with van der Waals surface area (Å²) in [6, 6.07) is 0.939. The molecule has 0 aromatic heterocycles. The summed E-state index contributed by atoms with van der Waals surface area (Å²) < 4.78 is 0. The lowest BCUT2D eigenvalue weighted by Crippen LogP contribution is -2.38. The molecule has 2 heteroatoms. The fourth-order valence-corrected chi connectivity index (χ4v) is 4.40. The summed E-state index contributed by atoms with van der Waals surface area (Å²) in [6.45, 7) is 7.68. The highest BCUT2D eigenvalue weighted by Gasteiger charge is 2.39. The average molecular weight is 236 g/mol. The maximum absolute atomic E-state index is 3.54. The molecule has 0 aromatic carbocycles. The molecule has 3 aliphatic rings. The van der Waals surface area contributed by atoms with Gasteiger partial charge in [0.05, 0.1) is 0 Å². The highest BCUT2D eigenvalue weighted by Crippen LogP contribution is 2.35. The maximum Gasteiger partial charge on any atom is 0.00957 e. The third-order valence-corrected chi connectivity index (χ3v) is 5.45. The topological polar surface area (TPSA) is 15.3 Å². The predicted molar refractivity (Wildman–Crippen MR) is 72.1 cm³/mol. The van der Waals surface area contributed by atoms with Crippen LogP contribution in [0.5, 0.6) is 0 Å². The highest BCUT2D eigenvalue weighted by atomic mass is 15.2. The SMILES string of the molecule is CCCC1CCC(N2CC3CNCC3C2)CC1. The molecule has 0 aromatic rings. The van der Waals surface area contributed by atoms with Crippen LogP contribution in [-0.4, -0.2) is 37.1 Å². The Balaban J connectivity index is 1.47. The minimum Gasteiger partial charge on any atom is -0.316 e. The molecule has 2 atom stereocenters. The third-order valence-electron chi connectivity index (χ3n) is 5.45. The molecule has 2 nitrogen and oxygen atoms in total. The Kier molecular flexibility index (Phi) is 3.72. The first-order chi connectivity index (χ1) is 8.36. The van der Waals surface area contributed by atoms with Crippen molar-refractivity contribution < 1.29 is 0 Å². The van der Waals surface area contributed by atoms with Crippen molar-refractivity contribution in [3.8, 4) is 0 Å². The van der Waals surface area contributed by atoms with Gasteiger partial charge in [-0.3, -0.25) is 4.90 Å². The van der Waals surface area contributed by atoms with Crippen LogP contribution in [0.15, 0.2) is 0 Å². The van der Waals surface area contributed by atoms with Gasteiger partial charge >= 0.3 is 0 Å².